The fraction of sp³-hybridized carbons (Fsp3) is 0.231. The van der Waals surface area contributed by atoms with Gasteiger partial charge < -0.3 is 10.6 Å². The monoisotopic (exact) mass is 660 g/mol. The Morgan fingerprint density at radius 1 is 0.775 bits per heavy atom. The van der Waals surface area contributed by atoms with Gasteiger partial charge >= 0.3 is 0 Å². The van der Waals surface area contributed by atoms with E-state index in [0.717, 1.165) is 10.6 Å². The Morgan fingerprint density at radius 2 is 1.25 bits per heavy atom. The van der Waals surface area contributed by atoms with Crippen molar-refractivity contribution in [1.29, 1.82) is 0 Å². The minimum atomic E-state index is -3.87. The molecule has 0 saturated heterocycles. The van der Waals surface area contributed by atoms with Crippen molar-refractivity contribution in [2.45, 2.75) is 47.9 Å². The molecule has 8 nitrogen and oxygen atoms in total. The molecule has 0 atom stereocenters. The molecule has 212 valence electrons. The number of nitrogens with one attached hydrogen (secondary N) is 2. The van der Waals surface area contributed by atoms with Crippen molar-refractivity contribution in [2.24, 2.45) is 0 Å². The largest absolute Gasteiger partial charge is 0.338 e. The molecule has 2 N–H and O–H groups in total. The minimum Gasteiger partial charge on any atom is -0.338 e. The predicted octanol–water partition coefficient (Wildman–Crippen LogP) is 8.74. The zero-order valence-electron chi connectivity index (χ0n) is 23.7. The third-order valence-electron chi connectivity index (χ3n) is 4.85. The van der Waals surface area contributed by atoms with Gasteiger partial charge in [-0.2, -0.15) is 9.97 Å². The molecule has 0 saturated carbocycles. The molecule has 2 aromatic carbocycles. The van der Waals surface area contributed by atoms with Crippen LogP contribution >= 0.6 is 58.2 Å². The SMILES string of the molecule is [2H]C(C)(C)S(=O)(=O)c1ccccc1Nc1nc(Cl)ncc1Cl.[2H]C(C)(C)Sc1ccccc1Nc1nc(Cl)ncc1Cl. The van der Waals surface area contributed by atoms with Crippen LogP contribution in [-0.4, -0.2) is 38.8 Å². The molecule has 0 spiro atoms. The smallest absolute Gasteiger partial charge is 0.224 e. The van der Waals surface area contributed by atoms with Crippen LogP contribution in [0.1, 0.15) is 30.4 Å². The molecule has 2 aromatic heterocycles. The summed E-state index contributed by atoms with van der Waals surface area (Å²) in [6.45, 7) is 6.30. The summed E-state index contributed by atoms with van der Waals surface area (Å²) in [7, 11) is -3.87. The second kappa shape index (κ2) is 14.5. The minimum absolute atomic E-state index is 0.0131. The second-order valence-electron chi connectivity index (χ2n) is 8.34. The number of benzene rings is 2. The molecule has 2 heterocycles. The van der Waals surface area contributed by atoms with E-state index >= 15 is 0 Å². The first-order chi connectivity index (χ1) is 19.5. The topological polar surface area (TPSA) is 110 Å². The highest BCUT2D eigenvalue weighted by atomic mass is 35.5. The first kappa shape index (κ1) is 29.2. The number of hydrogen-bond donors (Lipinski definition) is 2. The van der Waals surface area contributed by atoms with Gasteiger partial charge in [-0.25, -0.2) is 18.4 Å². The molecule has 0 bridgehead atoms. The highest BCUT2D eigenvalue weighted by Gasteiger charge is 2.23. The van der Waals surface area contributed by atoms with Crippen molar-refractivity contribution in [3.63, 3.8) is 0 Å². The number of aromatic nitrogens is 4. The summed E-state index contributed by atoms with van der Waals surface area (Å²) in [5, 5.41) is 4.34. The number of thioether (sulfide) groups is 1. The van der Waals surface area contributed by atoms with E-state index in [1.165, 1.54) is 44.1 Å². The molecular weight excluding hydrogens is 634 g/mol. The second-order valence-corrected chi connectivity index (χ2v) is 13.5. The van der Waals surface area contributed by atoms with E-state index in [4.69, 9.17) is 49.1 Å². The number of nitrogens with zero attached hydrogens (tertiary/aromatic N) is 4. The summed E-state index contributed by atoms with van der Waals surface area (Å²) >= 11 is 24.9. The summed E-state index contributed by atoms with van der Waals surface area (Å²) in [6, 6.07) is 13.9. The number of hydrogen-bond acceptors (Lipinski definition) is 9. The van der Waals surface area contributed by atoms with Crippen LogP contribution < -0.4 is 10.6 Å². The Bertz CT molecular complexity index is 1670. The lowest BCUT2D eigenvalue weighted by atomic mass is 10.3. The Morgan fingerprint density at radius 3 is 1.77 bits per heavy atom. The summed E-state index contributed by atoms with van der Waals surface area (Å²) in [5.74, 6) is 0.634. The van der Waals surface area contributed by atoms with Gasteiger partial charge in [-0.1, -0.05) is 61.3 Å². The average molecular weight is 662 g/mol. The Hall–Kier alpha value is -2.34. The van der Waals surface area contributed by atoms with Crippen LogP contribution in [0.15, 0.2) is 70.7 Å². The normalized spacial score (nSPS) is 12.5. The Balaban J connectivity index is 0.000000231. The third kappa shape index (κ3) is 8.83. The van der Waals surface area contributed by atoms with E-state index in [0.29, 0.717) is 10.8 Å². The zero-order valence-corrected chi connectivity index (χ0v) is 26.4. The maximum Gasteiger partial charge on any atom is 0.224 e. The lowest BCUT2D eigenvalue weighted by Gasteiger charge is -2.14. The van der Waals surface area contributed by atoms with Gasteiger partial charge in [-0.3, -0.25) is 0 Å². The van der Waals surface area contributed by atoms with Crippen LogP contribution in [-0.2, 0) is 9.84 Å². The summed E-state index contributed by atoms with van der Waals surface area (Å²) in [6.07, 6.45) is 2.76. The highest BCUT2D eigenvalue weighted by molar-refractivity contribution is 8.00. The Labute approximate surface area is 261 Å². The van der Waals surface area contributed by atoms with E-state index in [9.17, 15) is 8.42 Å². The molecule has 0 aliphatic rings. The predicted molar refractivity (Wildman–Crippen MR) is 167 cm³/mol. The summed E-state index contributed by atoms with van der Waals surface area (Å²) < 4.78 is 40.8. The van der Waals surface area contributed by atoms with Crippen molar-refractivity contribution in [3.05, 3.63) is 81.5 Å². The summed E-state index contributed by atoms with van der Waals surface area (Å²) in [5.41, 5.74) is 1.09. The number of para-hydroxylation sites is 2. The maximum absolute atomic E-state index is 12.5. The number of sulfone groups is 1. The fourth-order valence-electron chi connectivity index (χ4n) is 3.02. The van der Waals surface area contributed by atoms with Crippen molar-refractivity contribution >= 4 is 91.0 Å². The number of anilines is 4. The van der Waals surface area contributed by atoms with E-state index in [1.807, 2.05) is 38.1 Å². The van der Waals surface area contributed by atoms with Crippen LogP contribution in [0, 0.1) is 0 Å². The zero-order chi connectivity index (χ0) is 31.3. The van der Waals surface area contributed by atoms with Gasteiger partial charge in [0.2, 0.25) is 10.6 Å². The van der Waals surface area contributed by atoms with Crippen molar-refractivity contribution < 1.29 is 11.2 Å². The lowest BCUT2D eigenvalue weighted by Crippen LogP contribution is -2.15. The molecular formula is C26H26Cl4N6O2S2. The molecule has 0 amide bonds. The van der Waals surface area contributed by atoms with Crippen molar-refractivity contribution in [3.8, 4) is 0 Å². The standard InChI is InChI=1S/C13H13Cl2N3O2S.C13H13Cl2N3S/c1-8(2)21(19,20)11-6-4-3-5-10(11)17-12-9(14)7-16-13(15)18-12;1-8(2)19-11-6-4-3-5-10(11)17-12-9(14)7-16-13(15)18-12/h3-8H,1-2H3,(H,16,17,18);3-8H,1-2H3,(H,16,17,18)/i2*8D. The molecule has 4 rings (SSSR count). The van der Waals surface area contributed by atoms with Crippen molar-refractivity contribution in [2.75, 3.05) is 10.6 Å². The highest BCUT2D eigenvalue weighted by Crippen LogP contribution is 2.33. The molecule has 40 heavy (non-hydrogen) atoms. The van der Waals surface area contributed by atoms with Crippen LogP contribution in [0.2, 0.25) is 20.6 Å². The lowest BCUT2D eigenvalue weighted by molar-refractivity contribution is 0.588. The van der Waals surface area contributed by atoms with E-state index in [2.05, 4.69) is 30.6 Å². The Kier molecular flexibility index (Phi) is 10.6. The van der Waals surface area contributed by atoms with Crippen LogP contribution in [0.4, 0.5) is 23.0 Å². The van der Waals surface area contributed by atoms with Crippen LogP contribution in [0.5, 0.6) is 0 Å². The molecule has 0 aliphatic heterocycles. The molecule has 0 radical (unpaired) electrons. The molecule has 0 aliphatic carbocycles. The molecule has 4 aromatic rings. The third-order valence-corrected chi connectivity index (χ3v) is 8.76. The molecule has 0 unspecified atom stereocenters. The first-order valence-corrected chi connectivity index (χ1v) is 15.3. The van der Waals surface area contributed by atoms with Gasteiger partial charge in [0.25, 0.3) is 0 Å². The van der Waals surface area contributed by atoms with E-state index in [-0.39, 0.29) is 32.0 Å². The van der Waals surface area contributed by atoms with Gasteiger partial charge in [0.15, 0.2) is 21.5 Å². The van der Waals surface area contributed by atoms with E-state index < -0.39 is 20.3 Å². The maximum atomic E-state index is 12.5. The fourth-order valence-corrected chi connectivity index (χ4v) is 5.49. The van der Waals surface area contributed by atoms with Gasteiger partial charge in [0.1, 0.15) is 10.0 Å². The average Bonchev–Trinajstić information content (AvgIpc) is 2.89. The van der Waals surface area contributed by atoms with Gasteiger partial charge in [0.05, 0.1) is 33.9 Å². The first-order valence-electron chi connectivity index (χ1n) is 12.5. The van der Waals surface area contributed by atoms with Crippen LogP contribution in [0.3, 0.4) is 0 Å². The number of halogens is 4. The van der Waals surface area contributed by atoms with Gasteiger partial charge in [0, 0.05) is 12.9 Å². The van der Waals surface area contributed by atoms with Crippen LogP contribution in [0.25, 0.3) is 0 Å². The quantitative estimate of drug-likeness (QED) is 0.141. The van der Waals surface area contributed by atoms with Gasteiger partial charge in [-0.15, -0.1) is 11.8 Å². The molecule has 0 fully saturated rings. The summed E-state index contributed by atoms with van der Waals surface area (Å²) in [4.78, 5) is 16.4. The van der Waals surface area contributed by atoms with E-state index in [1.54, 1.807) is 18.2 Å². The number of rotatable bonds is 8. The molecule has 14 heteroatoms. The van der Waals surface area contributed by atoms with Crippen molar-refractivity contribution in [1.82, 2.24) is 19.9 Å². The van der Waals surface area contributed by atoms with Gasteiger partial charge in [-0.05, 0) is 61.3 Å².